The minimum atomic E-state index is -0.597. The number of carbonyl (C=O) groups is 2. The molecule has 1 heterocycles. The molecule has 1 saturated heterocycles. The summed E-state index contributed by atoms with van der Waals surface area (Å²) in [6.07, 6.45) is 0.810. The Balaban J connectivity index is 1.96. The fourth-order valence-electron chi connectivity index (χ4n) is 3.24. The summed E-state index contributed by atoms with van der Waals surface area (Å²) in [5.74, 6) is -0.261. The van der Waals surface area contributed by atoms with Crippen LogP contribution in [0, 0.1) is 12.7 Å². The zero-order valence-corrected chi connectivity index (χ0v) is 17.1. The van der Waals surface area contributed by atoms with Crippen molar-refractivity contribution in [3.8, 4) is 0 Å². The highest BCUT2D eigenvalue weighted by molar-refractivity contribution is 7.99. The Morgan fingerprint density at radius 2 is 2.00 bits per heavy atom. The Hall–Kier alpha value is -2.34. The Morgan fingerprint density at radius 3 is 2.68 bits per heavy atom. The van der Waals surface area contributed by atoms with Gasteiger partial charge in [0.1, 0.15) is 17.2 Å². The van der Waals surface area contributed by atoms with Crippen LogP contribution in [0.15, 0.2) is 48.5 Å². The van der Waals surface area contributed by atoms with Crippen molar-refractivity contribution < 1.29 is 14.0 Å². The summed E-state index contributed by atoms with van der Waals surface area (Å²) < 4.78 is 13.8. The van der Waals surface area contributed by atoms with E-state index in [0.717, 1.165) is 12.0 Å². The molecule has 1 aliphatic rings. The largest absolute Gasteiger partial charge is 0.352 e. The number of aryl methyl sites for hydroxylation is 1. The molecule has 0 bridgehead atoms. The van der Waals surface area contributed by atoms with E-state index in [1.54, 1.807) is 23.1 Å². The number of hydrogen-bond acceptors (Lipinski definition) is 3. The molecule has 0 radical (unpaired) electrons. The van der Waals surface area contributed by atoms with Crippen molar-refractivity contribution in [1.29, 1.82) is 0 Å². The number of benzene rings is 2. The summed E-state index contributed by atoms with van der Waals surface area (Å²) in [6.45, 7) is 5.86. The normalized spacial score (nSPS) is 20.1. The van der Waals surface area contributed by atoms with Crippen LogP contribution in [0.2, 0.25) is 0 Å². The highest BCUT2D eigenvalue weighted by Crippen LogP contribution is 2.42. The van der Waals surface area contributed by atoms with Gasteiger partial charge in [-0.15, -0.1) is 11.8 Å². The Morgan fingerprint density at radius 1 is 1.25 bits per heavy atom. The number of rotatable bonds is 5. The molecule has 1 fully saturated rings. The highest BCUT2D eigenvalue weighted by atomic mass is 32.2. The lowest BCUT2D eigenvalue weighted by Crippen LogP contribution is -2.49. The molecule has 0 spiro atoms. The average molecular weight is 401 g/mol. The lowest BCUT2D eigenvalue weighted by atomic mass is 10.1. The molecule has 2 aromatic rings. The Bertz CT molecular complexity index is 873. The molecule has 148 valence electrons. The summed E-state index contributed by atoms with van der Waals surface area (Å²) >= 11 is 1.49. The van der Waals surface area contributed by atoms with Crippen molar-refractivity contribution in [3.05, 3.63) is 71.0 Å². The van der Waals surface area contributed by atoms with E-state index in [4.69, 9.17) is 0 Å². The first-order valence-electron chi connectivity index (χ1n) is 9.47. The standard InChI is InChI=1S/C22H25FN2O2S/c1-4-15(3)24-20(26)19-13-28-22(17-9-6-10-18(23)12-17)25(19)21(27)16-8-5-7-14(2)11-16/h5-12,15,19,22H,4,13H2,1-3H3,(H,24,26)/t15-,19+,22-/m1/s1. The third-order valence-corrected chi connectivity index (χ3v) is 6.26. The number of amides is 2. The van der Waals surface area contributed by atoms with Gasteiger partial charge in [-0.05, 0) is 50.1 Å². The topological polar surface area (TPSA) is 49.4 Å². The van der Waals surface area contributed by atoms with Crippen LogP contribution in [-0.4, -0.2) is 34.6 Å². The third kappa shape index (κ3) is 4.38. The predicted molar refractivity (Wildman–Crippen MR) is 111 cm³/mol. The fraction of sp³-hybridized carbons (Fsp3) is 0.364. The SMILES string of the molecule is CC[C@@H](C)NC(=O)[C@@H]1CS[C@H](c2cccc(F)c2)N1C(=O)c1cccc(C)c1. The van der Waals surface area contributed by atoms with Gasteiger partial charge in [-0.3, -0.25) is 9.59 Å². The summed E-state index contributed by atoms with van der Waals surface area (Å²) in [4.78, 5) is 27.9. The van der Waals surface area contributed by atoms with Gasteiger partial charge in [0, 0.05) is 17.4 Å². The summed E-state index contributed by atoms with van der Waals surface area (Å²) in [7, 11) is 0. The molecule has 1 aliphatic heterocycles. The number of hydrogen-bond donors (Lipinski definition) is 1. The van der Waals surface area contributed by atoms with Crippen LogP contribution in [0.5, 0.6) is 0 Å². The molecule has 0 unspecified atom stereocenters. The van der Waals surface area contributed by atoms with Gasteiger partial charge in [-0.25, -0.2) is 4.39 Å². The van der Waals surface area contributed by atoms with Crippen LogP contribution in [0.4, 0.5) is 4.39 Å². The molecule has 1 N–H and O–H groups in total. The Kier molecular flexibility index (Phi) is 6.39. The van der Waals surface area contributed by atoms with Crippen LogP contribution in [0.3, 0.4) is 0 Å². The number of carbonyl (C=O) groups excluding carboxylic acids is 2. The van der Waals surface area contributed by atoms with Crippen LogP contribution in [-0.2, 0) is 4.79 Å². The summed E-state index contributed by atoms with van der Waals surface area (Å²) in [5, 5.41) is 2.58. The van der Waals surface area contributed by atoms with Gasteiger partial charge in [-0.2, -0.15) is 0 Å². The molecule has 6 heteroatoms. The smallest absolute Gasteiger partial charge is 0.255 e. The molecule has 2 aromatic carbocycles. The molecular weight excluding hydrogens is 375 g/mol. The van der Waals surface area contributed by atoms with E-state index in [1.807, 2.05) is 39.0 Å². The van der Waals surface area contributed by atoms with Crippen LogP contribution >= 0.6 is 11.8 Å². The molecular formula is C22H25FN2O2S. The predicted octanol–water partition coefficient (Wildman–Crippen LogP) is 4.31. The minimum absolute atomic E-state index is 0.0293. The number of nitrogens with zero attached hydrogens (tertiary/aromatic N) is 1. The van der Waals surface area contributed by atoms with Crippen LogP contribution in [0.1, 0.15) is 47.1 Å². The maximum atomic E-state index is 13.8. The van der Waals surface area contributed by atoms with Crippen molar-refractivity contribution in [2.24, 2.45) is 0 Å². The van der Waals surface area contributed by atoms with Gasteiger partial charge in [0.15, 0.2) is 0 Å². The van der Waals surface area contributed by atoms with Crippen molar-refractivity contribution in [2.75, 3.05) is 5.75 Å². The van der Waals surface area contributed by atoms with Crippen LogP contribution < -0.4 is 5.32 Å². The lowest BCUT2D eigenvalue weighted by Gasteiger charge is -2.30. The first kappa shape index (κ1) is 20.4. The highest BCUT2D eigenvalue weighted by Gasteiger charge is 2.42. The molecule has 0 aliphatic carbocycles. The average Bonchev–Trinajstić information content (AvgIpc) is 3.12. The number of thioether (sulfide) groups is 1. The first-order valence-corrected chi connectivity index (χ1v) is 10.5. The molecule has 0 aromatic heterocycles. The quantitative estimate of drug-likeness (QED) is 0.814. The van der Waals surface area contributed by atoms with E-state index in [1.165, 1.54) is 23.9 Å². The van der Waals surface area contributed by atoms with Gasteiger partial charge < -0.3 is 10.2 Å². The molecule has 0 saturated carbocycles. The minimum Gasteiger partial charge on any atom is -0.352 e. The van der Waals surface area contributed by atoms with Gasteiger partial charge in [-0.1, -0.05) is 36.8 Å². The zero-order valence-electron chi connectivity index (χ0n) is 16.3. The molecule has 2 amide bonds. The second-order valence-corrected chi connectivity index (χ2v) is 8.27. The number of halogens is 1. The van der Waals surface area contributed by atoms with Gasteiger partial charge in [0.25, 0.3) is 5.91 Å². The second kappa shape index (κ2) is 8.78. The van der Waals surface area contributed by atoms with E-state index in [2.05, 4.69) is 5.32 Å². The zero-order chi connectivity index (χ0) is 20.3. The van der Waals surface area contributed by atoms with Gasteiger partial charge >= 0.3 is 0 Å². The summed E-state index contributed by atoms with van der Waals surface area (Å²) in [5.41, 5.74) is 2.19. The molecule has 4 nitrogen and oxygen atoms in total. The third-order valence-electron chi connectivity index (χ3n) is 4.94. The number of nitrogens with one attached hydrogen (secondary N) is 1. The van der Waals surface area contributed by atoms with E-state index >= 15 is 0 Å². The van der Waals surface area contributed by atoms with Crippen molar-refractivity contribution in [1.82, 2.24) is 10.2 Å². The van der Waals surface area contributed by atoms with E-state index < -0.39 is 11.4 Å². The maximum Gasteiger partial charge on any atom is 0.255 e. The molecule has 3 rings (SSSR count). The summed E-state index contributed by atoms with van der Waals surface area (Å²) in [6, 6.07) is 13.0. The van der Waals surface area contributed by atoms with Crippen molar-refractivity contribution >= 4 is 23.6 Å². The van der Waals surface area contributed by atoms with Crippen molar-refractivity contribution in [2.45, 2.75) is 44.6 Å². The van der Waals surface area contributed by atoms with Crippen molar-refractivity contribution in [3.63, 3.8) is 0 Å². The fourth-order valence-corrected chi connectivity index (χ4v) is 4.66. The van der Waals surface area contributed by atoms with E-state index in [0.29, 0.717) is 16.9 Å². The van der Waals surface area contributed by atoms with E-state index in [9.17, 15) is 14.0 Å². The van der Waals surface area contributed by atoms with E-state index in [-0.39, 0.29) is 23.7 Å². The van der Waals surface area contributed by atoms with Crippen LogP contribution in [0.25, 0.3) is 0 Å². The lowest BCUT2D eigenvalue weighted by molar-refractivity contribution is -0.125. The van der Waals surface area contributed by atoms with Gasteiger partial charge in [0.2, 0.25) is 5.91 Å². The molecule has 28 heavy (non-hydrogen) atoms. The van der Waals surface area contributed by atoms with Gasteiger partial charge in [0.05, 0.1) is 0 Å². The first-order chi connectivity index (χ1) is 13.4. The Labute approximate surface area is 169 Å². The second-order valence-electron chi connectivity index (χ2n) is 7.16. The monoisotopic (exact) mass is 400 g/mol. The maximum absolute atomic E-state index is 13.8. The molecule has 3 atom stereocenters.